The molecule has 0 unspecified atom stereocenters. The topological polar surface area (TPSA) is 458 Å². The molecule has 0 bridgehead atoms. The average Bonchev–Trinajstić information content (AvgIpc) is 1.58. The van der Waals surface area contributed by atoms with Crippen LogP contribution < -0.4 is 26.8 Å². The van der Waals surface area contributed by atoms with E-state index in [9.17, 15) is 28.8 Å². The summed E-state index contributed by atoms with van der Waals surface area (Å²) in [6, 6.07) is 12.8. The zero-order valence-corrected chi connectivity index (χ0v) is 87.4. The van der Waals surface area contributed by atoms with Gasteiger partial charge in [0.25, 0.3) is 0 Å². The maximum absolute atomic E-state index is 13.5. The number of carbonyl (C=O) groups is 4. The van der Waals surface area contributed by atoms with Crippen LogP contribution in [0.15, 0.2) is 159 Å². The number of oxazole rings is 2. The molecule has 0 saturated carbocycles. The van der Waals surface area contributed by atoms with E-state index in [-0.39, 0.29) is 118 Å². The van der Waals surface area contributed by atoms with Gasteiger partial charge in [0.1, 0.15) is 77.0 Å². The molecule has 0 spiro atoms. The van der Waals surface area contributed by atoms with Gasteiger partial charge in [-0.05, 0) is 190 Å². The highest BCUT2D eigenvalue weighted by molar-refractivity contribution is 14.1. The maximum Gasteiger partial charge on any atom is 0.534 e. The number of nitrogens with zero attached hydrogens (tertiary/aromatic N) is 21. The van der Waals surface area contributed by atoms with Gasteiger partial charge in [-0.2, -0.15) is 30.4 Å². The van der Waals surface area contributed by atoms with E-state index in [0.717, 1.165) is 50.0 Å². The van der Waals surface area contributed by atoms with Crippen molar-refractivity contribution in [1.29, 1.82) is 0 Å². The Balaban J connectivity index is 0.000000130. The van der Waals surface area contributed by atoms with E-state index in [1.165, 1.54) is 51.2 Å². The maximum atomic E-state index is 13.5. The third kappa shape index (κ3) is 23.1. The fraction of sp³-hybridized carbons (Fsp3) is 0.449. The molecule has 0 aliphatic carbocycles. The lowest BCUT2D eigenvalue weighted by atomic mass is 9.87. The molecule has 145 heavy (non-hydrogen) atoms. The third-order valence-electron chi connectivity index (χ3n) is 25.9. The smallest absolute Gasteiger partial charge is 0.452 e. The normalized spacial score (nSPS) is 19.1. The summed E-state index contributed by atoms with van der Waals surface area (Å²) >= 11 is 20.7. The van der Waals surface area contributed by atoms with Gasteiger partial charge in [0, 0.05) is 122 Å². The third-order valence-corrected chi connectivity index (χ3v) is 27.1. The lowest BCUT2D eigenvalue weighted by molar-refractivity contribution is -0.0772. The highest BCUT2D eigenvalue weighted by atomic mass is 127. The number of hydrogen-bond acceptors (Lipinski definition) is 33. The van der Waals surface area contributed by atoms with Gasteiger partial charge in [-0.1, -0.05) is 62.5 Å². The summed E-state index contributed by atoms with van der Waals surface area (Å²) in [5, 5.41) is 18.2. The summed E-state index contributed by atoms with van der Waals surface area (Å²) in [5.74, 6) is -0.503. The second-order valence-corrected chi connectivity index (χ2v) is 38.4. The Morgan fingerprint density at radius 1 is 0.490 bits per heavy atom. The van der Waals surface area contributed by atoms with Crippen molar-refractivity contribution < 1.29 is 88.2 Å². The van der Waals surface area contributed by atoms with Crippen LogP contribution in [-0.4, -0.2) is 226 Å². The molecule has 21 rings (SSSR count). The zero-order chi connectivity index (χ0) is 103. The number of anilines is 2. The van der Waals surface area contributed by atoms with E-state index in [1.807, 2.05) is 93.4 Å². The Labute approximate surface area is 860 Å². The van der Waals surface area contributed by atoms with Crippen molar-refractivity contribution in [2.24, 2.45) is 28.2 Å². The Bertz CT molecular complexity index is 7360. The van der Waals surface area contributed by atoms with Gasteiger partial charge in [-0.25, -0.2) is 54.1 Å². The molecule has 16 aromatic heterocycles. The van der Waals surface area contributed by atoms with Gasteiger partial charge in [-0.15, -0.1) is 0 Å². The lowest BCUT2D eigenvalue weighted by Gasteiger charge is -2.36. The molecule has 5 fully saturated rings. The summed E-state index contributed by atoms with van der Waals surface area (Å²) < 4.78 is 91.5. The van der Waals surface area contributed by atoms with Crippen LogP contribution in [0.2, 0.25) is 15.5 Å². The van der Waals surface area contributed by atoms with E-state index >= 15 is 0 Å². The molecule has 8 atom stereocenters. The number of aromatic nitrogens is 18. The van der Waals surface area contributed by atoms with E-state index in [2.05, 4.69) is 91.7 Å². The summed E-state index contributed by atoms with van der Waals surface area (Å²) in [5.41, 5.74) is 8.95. The van der Waals surface area contributed by atoms with Crippen molar-refractivity contribution in [1.82, 2.24) is 93.2 Å². The Morgan fingerprint density at radius 2 is 0.910 bits per heavy atom. The molecule has 42 nitrogen and oxygen atoms in total. The first-order valence-corrected chi connectivity index (χ1v) is 50.0. The number of amides is 3. The number of furan rings is 4. The van der Waals surface area contributed by atoms with E-state index in [1.54, 1.807) is 118 Å². The molecule has 0 N–H and O–H groups in total. The van der Waals surface area contributed by atoms with E-state index in [4.69, 9.17) is 109 Å². The summed E-state index contributed by atoms with van der Waals surface area (Å²) in [4.78, 5) is 122. The summed E-state index contributed by atoms with van der Waals surface area (Å²) in [6.07, 6.45) is 27.5. The minimum atomic E-state index is -0.585. The van der Waals surface area contributed by atoms with Gasteiger partial charge in [-0.3, -0.25) is 52.1 Å². The van der Waals surface area contributed by atoms with Crippen molar-refractivity contribution in [3.63, 3.8) is 0 Å². The molecule has 3 amide bonds. The molecule has 766 valence electrons. The molecule has 5 aliphatic rings. The first-order valence-electron chi connectivity index (χ1n) is 47.8. The SMILES string of the molecule is CC1(C)OB(c2cnco2)OC1(C)C.CCOC(=O)N(c1c(C(=O)N(C)OC)oc2ccc(Cl)nc12)[C@H]1CCO[C@@H](CC)C1.CCOC(=O)N(c1c(C(=O)c2cnn(C)c2)oc2ccc(Cl)nc12)[C@H]1CCO[C@@H](CC)C1.CC[C@H]1C[C@@H](n2c(=O)nc(-c3cnn(C)c3)c3oc4ccc(-c5cnco5)nc4c32)CCO1.CC[C@H]1C[C@@H](n2c(=O)nc(-c3cnn(C)c3)c3oc4ccc(Cl)nc4c32)CCO1.Cn1cc(I)cn1. The van der Waals surface area contributed by atoms with E-state index in [0.29, 0.717) is 175 Å². The average molecular weight is 2160 g/mol. The number of hydroxylamine groups is 2. The molecule has 0 aromatic carbocycles. The molecule has 47 heteroatoms. The number of hydrogen-bond donors (Lipinski definition) is 0. The second kappa shape index (κ2) is 46.0. The number of ketones is 1. The molecular weight excluding hydrogens is 2050 g/mol. The molecule has 5 aliphatic heterocycles. The first-order chi connectivity index (χ1) is 69.7. The number of halogens is 4. The van der Waals surface area contributed by atoms with Crippen LogP contribution in [0.1, 0.15) is 185 Å². The number of rotatable bonds is 20. The standard InChI is InChI=1S/C23H22N6O4.C22H25ClN4O5.C20H20ClN5O3.C20H26ClN3O6.C9H14BNO3.C4H5IN2/c1-3-15-8-14(6-7-31-15)29-21-20-17(5-4-16(26-20)18-10-24-12-32-18)33-22(21)19(27-23(29)30)13-9-25-28(2)11-13;1-4-15-10-14(8-9-31-15)27(22(29)30-5-2)19-18-16(6-7-17(23)25-18)32-21(19)20(28)13-11-24-26(3)12-13;1-3-13-8-12(6-7-28-13)26-18-17-14(4-5-15(21)23-17)29-19(18)16(24-20(26)27)11-9-22-25(2)10-11;1-5-13-11-12(9-10-29-13)24(20(26)28-6-2)17-16-14(7-8-15(21)22-16)30-18(17)19(25)23(3)27-4;1-8(2)9(3,4)14-10(13-8)7-5-11-6-12-7;1-7-3-4(5)2-6-7/h4-5,9-12,14-15H,3,6-8H2,1-2H3;6-7,11-12,14-15H,4-5,8-10H2,1-3H3;4-5,9-10,12-13H,3,6-8H2,1-2H3;7-8,12-13H,5-6,9-11H2,1-4H3;5-6H,1-4H3;2-3H,1H3/t2*14-,15-;2*12-,13-;;/m0000../s1. The van der Waals surface area contributed by atoms with Gasteiger partial charge < -0.3 is 64.2 Å². The fourth-order valence-corrected chi connectivity index (χ4v) is 18.8. The van der Waals surface area contributed by atoms with Gasteiger partial charge in [0.05, 0.1) is 102 Å². The Morgan fingerprint density at radius 3 is 1.32 bits per heavy atom. The molecule has 5 saturated heterocycles. The van der Waals surface area contributed by atoms with Gasteiger partial charge in [0.2, 0.25) is 17.3 Å². The molecular formula is C98H112BCl3IN21O21. The Kier molecular flexibility index (Phi) is 33.3. The first kappa shape index (κ1) is 105. The predicted molar refractivity (Wildman–Crippen MR) is 546 cm³/mol. The number of pyridine rings is 4. The zero-order valence-electron chi connectivity index (χ0n) is 82.9. The monoisotopic (exact) mass is 2160 g/mol. The highest BCUT2D eigenvalue weighted by Crippen LogP contribution is 2.45. The Hall–Kier alpha value is -12.6. The highest BCUT2D eigenvalue weighted by Gasteiger charge is 2.53. The summed E-state index contributed by atoms with van der Waals surface area (Å²) in [7, 11) is 9.63. The quantitative estimate of drug-likeness (QED) is 0.0225. The number of aryl methyl sites for hydroxylation is 4. The van der Waals surface area contributed by atoms with Gasteiger partial charge >= 0.3 is 36.6 Å². The van der Waals surface area contributed by atoms with Crippen LogP contribution in [-0.2, 0) is 70.8 Å². The lowest BCUT2D eigenvalue weighted by Crippen LogP contribution is -2.47. The molecule has 21 heterocycles. The van der Waals surface area contributed by atoms with Crippen LogP contribution >= 0.6 is 57.4 Å². The van der Waals surface area contributed by atoms with Crippen molar-refractivity contribution in [2.45, 2.75) is 206 Å². The van der Waals surface area contributed by atoms with Crippen LogP contribution in [0.25, 0.3) is 101 Å². The van der Waals surface area contributed by atoms with Crippen molar-refractivity contribution >= 4 is 172 Å². The fourth-order valence-electron chi connectivity index (χ4n) is 17.9. The van der Waals surface area contributed by atoms with Crippen LogP contribution in [0, 0.1) is 3.57 Å². The molecule has 16 aromatic rings. The van der Waals surface area contributed by atoms with Crippen LogP contribution in [0.5, 0.6) is 0 Å². The van der Waals surface area contributed by atoms with Crippen LogP contribution in [0.3, 0.4) is 0 Å². The van der Waals surface area contributed by atoms with Crippen LogP contribution in [0.4, 0.5) is 21.0 Å². The van der Waals surface area contributed by atoms with Crippen molar-refractivity contribution in [3.05, 3.63) is 180 Å². The molecule has 0 radical (unpaired) electrons. The van der Waals surface area contributed by atoms with Crippen molar-refractivity contribution in [2.75, 3.05) is 63.6 Å². The van der Waals surface area contributed by atoms with E-state index < -0.39 is 31.0 Å². The number of ether oxygens (including phenoxy) is 6. The number of carbonyl (C=O) groups excluding carboxylic acids is 4. The number of fused-ring (bicyclic) bond motifs is 8. The second-order valence-electron chi connectivity index (χ2n) is 36.0. The largest absolute Gasteiger partial charge is 0.534 e. The minimum absolute atomic E-state index is 0.00198. The minimum Gasteiger partial charge on any atom is -0.452 e. The predicted octanol–water partition coefficient (Wildman–Crippen LogP) is 17.8. The summed E-state index contributed by atoms with van der Waals surface area (Å²) in [6.45, 7) is 22.3. The van der Waals surface area contributed by atoms with Crippen molar-refractivity contribution in [3.8, 4) is 34.0 Å². The van der Waals surface area contributed by atoms with Gasteiger partial charge in [0.15, 0.2) is 57.7 Å².